The Morgan fingerprint density at radius 3 is 2.30 bits per heavy atom. The van der Waals surface area contributed by atoms with Crippen molar-refractivity contribution >= 4 is 23.4 Å². The highest BCUT2D eigenvalue weighted by Gasteiger charge is 2.31. The van der Waals surface area contributed by atoms with Gasteiger partial charge >= 0.3 is 6.09 Å². The molecule has 1 aliphatic carbocycles. The van der Waals surface area contributed by atoms with Gasteiger partial charge < -0.3 is 10.1 Å². The van der Waals surface area contributed by atoms with Crippen LogP contribution in [-0.4, -0.2) is 35.6 Å². The van der Waals surface area contributed by atoms with E-state index in [1.165, 1.54) is 0 Å². The monoisotopic (exact) mass is 457 g/mol. The number of benzene rings is 1. The quantitative estimate of drug-likeness (QED) is 0.410. The Kier molecular flexibility index (Phi) is 11.3. The number of rotatable bonds is 13. The molecule has 6 nitrogen and oxygen atoms in total. The molecule has 1 aliphatic rings. The normalized spacial score (nSPS) is 16.1. The summed E-state index contributed by atoms with van der Waals surface area (Å²) >= 11 is 0. The first kappa shape index (κ1) is 26.7. The Hall–Kier alpha value is -2.50. The molecule has 182 valence electrons. The summed E-state index contributed by atoms with van der Waals surface area (Å²) in [5, 5.41) is 2.75. The van der Waals surface area contributed by atoms with Gasteiger partial charge in [-0.25, -0.2) is 4.79 Å². The Bertz CT molecular complexity index is 783. The van der Waals surface area contributed by atoms with Crippen LogP contribution in [0.2, 0.25) is 0 Å². The van der Waals surface area contributed by atoms with Crippen molar-refractivity contribution in [3.8, 4) is 0 Å². The van der Waals surface area contributed by atoms with E-state index >= 15 is 0 Å². The molecule has 0 saturated heterocycles. The first-order valence-electron chi connectivity index (χ1n) is 12.4. The number of alkyl carbamates (subject to hydrolysis) is 1. The van der Waals surface area contributed by atoms with Gasteiger partial charge in [0.2, 0.25) is 5.78 Å². The highest BCUT2D eigenvalue weighted by Crippen LogP contribution is 2.21. The number of ketones is 3. The fourth-order valence-corrected chi connectivity index (χ4v) is 4.37. The lowest BCUT2D eigenvalue weighted by molar-refractivity contribution is -0.140. The maximum absolute atomic E-state index is 13.3. The fourth-order valence-electron chi connectivity index (χ4n) is 4.37. The highest BCUT2D eigenvalue weighted by molar-refractivity contribution is 6.38. The van der Waals surface area contributed by atoms with Gasteiger partial charge in [0.05, 0.1) is 6.04 Å². The molecular weight excluding hydrogens is 418 g/mol. The van der Waals surface area contributed by atoms with E-state index in [1.807, 2.05) is 51.1 Å². The summed E-state index contributed by atoms with van der Waals surface area (Å²) < 4.78 is 5.55. The molecule has 1 aromatic carbocycles. The minimum absolute atomic E-state index is 0.0791. The van der Waals surface area contributed by atoms with Crippen LogP contribution in [0.5, 0.6) is 0 Å². The molecule has 2 atom stereocenters. The molecule has 0 aliphatic heterocycles. The summed E-state index contributed by atoms with van der Waals surface area (Å²) in [5.74, 6) is -1.73. The molecule has 1 amide bonds. The number of carbonyl (C=O) groups excluding carboxylic acids is 4. The molecule has 1 N–H and O–H groups in total. The number of hydrogen-bond acceptors (Lipinski definition) is 5. The number of nitrogens with one attached hydrogen (secondary N) is 1. The van der Waals surface area contributed by atoms with E-state index in [2.05, 4.69) is 5.32 Å². The number of Topliss-reactive ketones (excluding diaryl/α,β-unsaturated/α-hetero) is 3. The minimum atomic E-state index is -0.742. The van der Waals surface area contributed by atoms with Crippen molar-refractivity contribution in [2.45, 2.75) is 97.1 Å². The third kappa shape index (κ3) is 9.48. The van der Waals surface area contributed by atoms with Crippen LogP contribution in [0.1, 0.15) is 84.1 Å². The summed E-state index contributed by atoms with van der Waals surface area (Å²) in [5.41, 5.74) is 0.901. The lowest BCUT2D eigenvalue weighted by atomic mass is 9.85. The number of ether oxygens (including phenoxy) is 1. The van der Waals surface area contributed by atoms with Crippen molar-refractivity contribution in [2.24, 2.45) is 11.8 Å². The summed E-state index contributed by atoms with van der Waals surface area (Å²) in [6.07, 6.45) is 5.72. The SMILES string of the molecule is CCCC(=O)C(=O)[C@@H](CC(=O)[C@H](CC(C)C)NC(=O)OC1CCCCC1)Cc1ccccc1. The second-order valence-corrected chi connectivity index (χ2v) is 9.59. The third-order valence-corrected chi connectivity index (χ3v) is 6.11. The summed E-state index contributed by atoms with van der Waals surface area (Å²) in [6, 6.07) is 8.66. The summed E-state index contributed by atoms with van der Waals surface area (Å²) in [7, 11) is 0. The van der Waals surface area contributed by atoms with Crippen LogP contribution in [0.4, 0.5) is 4.79 Å². The number of amides is 1. The fraction of sp³-hybridized carbons (Fsp3) is 0.630. The topological polar surface area (TPSA) is 89.5 Å². The zero-order valence-corrected chi connectivity index (χ0v) is 20.3. The van der Waals surface area contributed by atoms with E-state index in [9.17, 15) is 19.2 Å². The lowest BCUT2D eigenvalue weighted by Crippen LogP contribution is -2.44. The van der Waals surface area contributed by atoms with Gasteiger partial charge in [-0.05, 0) is 56.4 Å². The predicted molar refractivity (Wildman–Crippen MR) is 128 cm³/mol. The van der Waals surface area contributed by atoms with Crippen molar-refractivity contribution in [1.82, 2.24) is 5.32 Å². The highest BCUT2D eigenvalue weighted by atomic mass is 16.6. The molecule has 0 bridgehead atoms. The molecule has 6 heteroatoms. The molecule has 0 aromatic heterocycles. The Labute approximate surface area is 197 Å². The molecule has 0 radical (unpaired) electrons. The molecular formula is C27H39NO5. The van der Waals surface area contributed by atoms with Crippen LogP contribution in [0.15, 0.2) is 30.3 Å². The van der Waals surface area contributed by atoms with E-state index in [4.69, 9.17) is 4.74 Å². The van der Waals surface area contributed by atoms with Gasteiger partial charge in [-0.2, -0.15) is 0 Å². The van der Waals surface area contributed by atoms with Crippen LogP contribution in [0.3, 0.4) is 0 Å². The maximum Gasteiger partial charge on any atom is 0.407 e. The number of carbonyl (C=O) groups is 4. The second-order valence-electron chi connectivity index (χ2n) is 9.59. The molecule has 0 heterocycles. The van der Waals surface area contributed by atoms with Crippen LogP contribution in [0.25, 0.3) is 0 Å². The van der Waals surface area contributed by atoms with Gasteiger partial charge in [-0.3, -0.25) is 14.4 Å². The maximum atomic E-state index is 13.3. The van der Waals surface area contributed by atoms with Crippen LogP contribution < -0.4 is 5.32 Å². The summed E-state index contributed by atoms with van der Waals surface area (Å²) in [4.78, 5) is 51.0. The van der Waals surface area contributed by atoms with Gasteiger partial charge in [-0.15, -0.1) is 0 Å². The average molecular weight is 458 g/mol. The third-order valence-electron chi connectivity index (χ3n) is 6.11. The zero-order chi connectivity index (χ0) is 24.2. The molecule has 1 aromatic rings. The van der Waals surface area contributed by atoms with Gasteiger partial charge in [0, 0.05) is 18.8 Å². The van der Waals surface area contributed by atoms with Gasteiger partial charge in [0.15, 0.2) is 11.6 Å². The Morgan fingerprint density at radius 2 is 1.70 bits per heavy atom. The minimum Gasteiger partial charge on any atom is -0.446 e. The standard InChI is InChI=1S/C27H39NO5/c1-4-11-24(29)26(31)21(17-20-12-7-5-8-13-20)18-25(30)23(16-19(2)3)28-27(32)33-22-14-9-6-10-15-22/h5,7-8,12-13,19,21-23H,4,6,9-11,14-18H2,1-3H3,(H,28,32)/t21-,23+/m1/s1. The molecule has 2 rings (SSSR count). The Morgan fingerprint density at radius 1 is 1.03 bits per heavy atom. The van der Waals surface area contributed by atoms with Gasteiger partial charge in [-0.1, -0.05) is 57.5 Å². The average Bonchev–Trinajstić information content (AvgIpc) is 2.78. The Balaban J connectivity index is 2.10. The van der Waals surface area contributed by atoms with Gasteiger partial charge in [0.25, 0.3) is 0 Å². The largest absolute Gasteiger partial charge is 0.446 e. The van der Waals surface area contributed by atoms with Crippen LogP contribution in [0, 0.1) is 11.8 Å². The van der Waals surface area contributed by atoms with Crippen LogP contribution in [-0.2, 0) is 25.5 Å². The predicted octanol–water partition coefficient (Wildman–Crippen LogP) is 5.22. The van der Waals surface area contributed by atoms with Gasteiger partial charge in [0.1, 0.15) is 6.10 Å². The molecule has 1 saturated carbocycles. The van der Waals surface area contributed by atoms with E-state index in [1.54, 1.807) is 0 Å². The first-order valence-corrected chi connectivity index (χ1v) is 12.4. The van der Waals surface area contributed by atoms with Crippen molar-refractivity contribution in [3.63, 3.8) is 0 Å². The van der Waals surface area contributed by atoms with Crippen molar-refractivity contribution in [3.05, 3.63) is 35.9 Å². The smallest absolute Gasteiger partial charge is 0.407 e. The first-order chi connectivity index (χ1) is 15.8. The molecule has 33 heavy (non-hydrogen) atoms. The van der Waals surface area contributed by atoms with E-state index in [0.717, 1.165) is 37.7 Å². The van der Waals surface area contributed by atoms with E-state index in [0.29, 0.717) is 19.3 Å². The lowest BCUT2D eigenvalue weighted by Gasteiger charge is -2.25. The van der Waals surface area contributed by atoms with E-state index < -0.39 is 29.6 Å². The molecule has 1 fully saturated rings. The van der Waals surface area contributed by atoms with Crippen molar-refractivity contribution in [1.29, 1.82) is 0 Å². The zero-order valence-electron chi connectivity index (χ0n) is 20.3. The molecule has 0 spiro atoms. The van der Waals surface area contributed by atoms with E-state index in [-0.39, 0.29) is 30.6 Å². The number of hydrogen-bond donors (Lipinski definition) is 1. The summed E-state index contributed by atoms with van der Waals surface area (Å²) in [6.45, 7) is 5.81. The molecule has 0 unspecified atom stereocenters. The van der Waals surface area contributed by atoms with Crippen molar-refractivity contribution in [2.75, 3.05) is 0 Å². The van der Waals surface area contributed by atoms with Crippen LogP contribution >= 0.6 is 0 Å². The second kappa shape index (κ2) is 13.9. The van der Waals surface area contributed by atoms with Crippen molar-refractivity contribution < 1.29 is 23.9 Å².